The van der Waals surface area contributed by atoms with Gasteiger partial charge in [-0.2, -0.15) is 0 Å². The van der Waals surface area contributed by atoms with Crippen LogP contribution in [0.25, 0.3) is 0 Å². The summed E-state index contributed by atoms with van der Waals surface area (Å²) >= 11 is 0. The summed E-state index contributed by atoms with van der Waals surface area (Å²) in [6, 6.07) is 0. The quantitative estimate of drug-likeness (QED) is 0.588. The summed E-state index contributed by atoms with van der Waals surface area (Å²) in [5, 5.41) is 21.0. The van der Waals surface area contributed by atoms with Gasteiger partial charge in [-0.25, -0.2) is 0 Å². The molecule has 14 heavy (non-hydrogen) atoms. The first-order valence-electron chi connectivity index (χ1n) is 5.06. The number of aliphatic hydroxyl groups excluding tert-OH is 1. The van der Waals surface area contributed by atoms with Crippen molar-refractivity contribution in [2.24, 2.45) is 5.92 Å². The van der Waals surface area contributed by atoms with Crippen LogP contribution in [-0.4, -0.2) is 34.4 Å². The zero-order chi connectivity index (χ0) is 10.8. The second kappa shape index (κ2) is 4.28. The van der Waals surface area contributed by atoms with Gasteiger partial charge in [-0.15, -0.1) is 0 Å². The third-order valence-electron chi connectivity index (χ3n) is 2.80. The predicted molar refractivity (Wildman–Crippen MR) is 53.1 cm³/mol. The molecule has 1 aliphatic rings. The molecule has 0 aromatic rings. The number of aliphatic carboxylic acids is 1. The summed E-state index contributed by atoms with van der Waals surface area (Å²) in [6.45, 7) is 4.55. The SMILES string of the molecule is CC(C)(NCC(O)CC(=O)O)C1CC1. The highest BCUT2D eigenvalue weighted by atomic mass is 16.4. The van der Waals surface area contributed by atoms with Crippen molar-refractivity contribution in [3.05, 3.63) is 0 Å². The molecular weight excluding hydrogens is 182 g/mol. The number of hydrogen-bond donors (Lipinski definition) is 3. The van der Waals surface area contributed by atoms with E-state index >= 15 is 0 Å². The van der Waals surface area contributed by atoms with Crippen molar-refractivity contribution >= 4 is 5.97 Å². The van der Waals surface area contributed by atoms with Crippen LogP contribution in [0.15, 0.2) is 0 Å². The minimum atomic E-state index is -0.955. The molecule has 0 spiro atoms. The predicted octanol–water partition coefficient (Wildman–Crippen LogP) is 0.600. The maximum atomic E-state index is 10.3. The fourth-order valence-corrected chi connectivity index (χ4v) is 1.60. The number of β-amino-alcohol motifs (C(OH)–C–C–N with tert-alkyl or cyclic N) is 1. The van der Waals surface area contributed by atoms with E-state index in [0.717, 1.165) is 0 Å². The van der Waals surface area contributed by atoms with E-state index in [0.29, 0.717) is 12.5 Å². The molecule has 0 aromatic carbocycles. The normalized spacial score (nSPS) is 19.4. The third kappa shape index (κ3) is 3.64. The fourth-order valence-electron chi connectivity index (χ4n) is 1.60. The number of nitrogens with one attached hydrogen (secondary N) is 1. The lowest BCUT2D eigenvalue weighted by atomic mass is 9.98. The Labute approximate surface area is 84.3 Å². The van der Waals surface area contributed by atoms with Crippen LogP contribution in [0.2, 0.25) is 0 Å². The van der Waals surface area contributed by atoms with Gasteiger partial charge in [0.15, 0.2) is 0 Å². The minimum Gasteiger partial charge on any atom is -0.481 e. The molecule has 1 fully saturated rings. The van der Waals surface area contributed by atoms with E-state index in [4.69, 9.17) is 5.11 Å². The van der Waals surface area contributed by atoms with Gasteiger partial charge in [0.2, 0.25) is 0 Å². The van der Waals surface area contributed by atoms with Gasteiger partial charge in [0.25, 0.3) is 0 Å². The fraction of sp³-hybridized carbons (Fsp3) is 0.900. The first-order chi connectivity index (χ1) is 6.42. The molecule has 1 rings (SSSR count). The van der Waals surface area contributed by atoms with E-state index in [2.05, 4.69) is 19.2 Å². The van der Waals surface area contributed by atoms with Crippen LogP contribution in [0.4, 0.5) is 0 Å². The van der Waals surface area contributed by atoms with Gasteiger partial charge in [0.05, 0.1) is 12.5 Å². The van der Waals surface area contributed by atoms with Crippen LogP contribution in [0.5, 0.6) is 0 Å². The van der Waals surface area contributed by atoms with Gasteiger partial charge >= 0.3 is 5.97 Å². The summed E-state index contributed by atoms with van der Waals surface area (Å²) in [5.74, 6) is -0.275. The second-order valence-electron chi connectivity index (χ2n) is 4.63. The van der Waals surface area contributed by atoms with E-state index < -0.39 is 12.1 Å². The minimum absolute atomic E-state index is 0.0273. The van der Waals surface area contributed by atoms with Crippen LogP contribution >= 0.6 is 0 Å². The summed E-state index contributed by atoms with van der Waals surface area (Å²) in [6.07, 6.45) is 1.49. The summed E-state index contributed by atoms with van der Waals surface area (Å²) in [7, 11) is 0. The highest BCUT2D eigenvalue weighted by molar-refractivity contribution is 5.67. The Morgan fingerprint density at radius 3 is 2.57 bits per heavy atom. The lowest BCUT2D eigenvalue weighted by Gasteiger charge is -2.27. The number of aliphatic hydroxyl groups is 1. The molecule has 1 saturated carbocycles. The monoisotopic (exact) mass is 201 g/mol. The number of hydrogen-bond acceptors (Lipinski definition) is 3. The lowest BCUT2D eigenvalue weighted by molar-refractivity contribution is -0.139. The van der Waals surface area contributed by atoms with Crippen molar-refractivity contribution in [3.63, 3.8) is 0 Å². The first kappa shape index (κ1) is 11.5. The van der Waals surface area contributed by atoms with E-state index in [-0.39, 0.29) is 12.0 Å². The van der Waals surface area contributed by atoms with E-state index in [1.807, 2.05) is 0 Å². The van der Waals surface area contributed by atoms with Crippen molar-refractivity contribution in [2.75, 3.05) is 6.54 Å². The maximum absolute atomic E-state index is 10.3. The van der Waals surface area contributed by atoms with Crippen LogP contribution in [-0.2, 0) is 4.79 Å². The molecule has 3 N–H and O–H groups in total. The molecule has 0 bridgehead atoms. The van der Waals surface area contributed by atoms with E-state index in [9.17, 15) is 9.90 Å². The number of carboxylic acids is 1. The molecule has 4 nitrogen and oxygen atoms in total. The lowest BCUT2D eigenvalue weighted by Crippen LogP contribution is -2.45. The largest absolute Gasteiger partial charge is 0.481 e. The van der Waals surface area contributed by atoms with Gasteiger partial charge in [0.1, 0.15) is 0 Å². The topological polar surface area (TPSA) is 69.6 Å². The van der Waals surface area contributed by atoms with Crippen LogP contribution < -0.4 is 5.32 Å². The molecule has 82 valence electrons. The van der Waals surface area contributed by atoms with Crippen molar-refractivity contribution in [3.8, 4) is 0 Å². The van der Waals surface area contributed by atoms with Gasteiger partial charge in [0, 0.05) is 12.1 Å². The molecule has 0 radical (unpaired) electrons. The molecule has 0 aliphatic heterocycles. The molecule has 4 heteroatoms. The van der Waals surface area contributed by atoms with E-state index in [1.165, 1.54) is 12.8 Å². The summed E-state index contributed by atoms with van der Waals surface area (Å²) in [5.41, 5.74) is 0.0273. The average molecular weight is 201 g/mol. The Morgan fingerprint density at radius 2 is 2.14 bits per heavy atom. The zero-order valence-electron chi connectivity index (χ0n) is 8.79. The summed E-state index contributed by atoms with van der Waals surface area (Å²) < 4.78 is 0. The first-order valence-corrected chi connectivity index (χ1v) is 5.06. The molecule has 0 heterocycles. The number of rotatable bonds is 6. The van der Waals surface area contributed by atoms with E-state index in [1.54, 1.807) is 0 Å². The van der Waals surface area contributed by atoms with Crippen molar-refractivity contribution in [2.45, 2.75) is 44.8 Å². The van der Waals surface area contributed by atoms with Gasteiger partial charge in [-0.1, -0.05) is 0 Å². The molecule has 0 aromatic heterocycles. The van der Waals surface area contributed by atoms with Crippen LogP contribution in [0, 0.1) is 5.92 Å². The van der Waals surface area contributed by atoms with Gasteiger partial charge < -0.3 is 15.5 Å². The molecule has 1 atom stereocenters. The highest BCUT2D eigenvalue weighted by Crippen LogP contribution is 2.39. The Balaban J connectivity index is 2.21. The Bertz CT molecular complexity index is 211. The van der Waals surface area contributed by atoms with Crippen molar-refractivity contribution in [1.82, 2.24) is 5.32 Å². The zero-order valence-corrected chi connectivity index (χ0v) is 8.79. The van der Waals surface area contributed by atoms with Crippen LogP contribution in [0.3, 0.4) is 0 Å². The Kier molecular flexibility index (Phi) is 3.50. The Hall–Kier alpha value is -0.610. The third-order valence-corrected chi connectivity index (χ3v) is 2.80. The number of carbonyl (C=O) groups is 1. The van der Waals surface area contributed by atoms with Crippen molar-refractivity contribution < 1.29 is 15.0 Å². The molecule has 0 amide bonds. The van der Waals surface area contributed by atoms with Crippen molar-refractivity contribution in [1.29, 1.82) is 0 Å². The smallest absolute Gasteiger partial charge is 0.306 e. The molecular formula is C10H19NO3. The molecule has 1 aliphatic carbocycles. The summed E-state index contributed by atoms with van der Waals surface area (Å²) in [4.78, 5) is 10.3. The molecule has 0 saturated heterocycles. The Morgan fingerprint density at radius 1 is 1.57 bits per heavy atom. The van der Waals surface area contributed by atoms with Gasteiger partial charge in [-0.05, 0) is 32.6 Å². The molecule has 1 unspecified atom stereocenters. The highest BCUT2D eigenvalue weighted by Gasteiger charge is 2.37. The number of carboxylic acid groups (broad SMARTS) is 1. The maximum Gasteiger partial charge on any atom is 0.306 e. The average Bonchev–Trinajstić information content (AvgIpc) is 2.81. The second-order valence-corrected chi connectivity index (χ2v) is 4.63. The van der Waals surface area contributed by atoms with Gasteiger partial charge in [-0.3, -0.25) is 4.79 Å². The standard InChI is InChI=1S/C10H19NO3/c1-10(2,7-3-4-7)11-6-8(12)5-9(13)14/h7-8,11-12H,3-6H2,1-2H3,(H,13,14). The van der Waals surface area contributed by atoms with Crippen LogP contribution in [0.1, 0.15) is 33.1 Å².